The van der Waals surface area contributed by atoms with E-state index in [4.69, 9.17) is 4.74 Å². The highest BCUT2D eigenvalue weighted by Gasteiger charge is 2.24. The van der Waals surface area contributed by atoms with Crippen LogP contribution in [0, 0.1) is 0 Å². The maximum absolute atomic E-state index is 13.2. The summed E-state index contributed by atoms with van der Waals surface area (Å²) in [4.78, 5) is 26.1. The lowest BCUT2D eigenvalue weighted by atomic mass is 10.0. The molecule has 0 aliphatic rings. The number of nitrogens with one attached hydrogen (secondary N) is 1. The number of unbranched alkanes of at least 4 members (excludes halogenated alkanes) is 30. The van der Waals surface area contributed by atoms with Crippen molar-refractivity contribution in [2.24, 2.45) is 0 Å². The number of rotatable bonds is 46. The monoisotopic (exact) mass is 818 g/mol. The van der Waals surface area contributed by atoms with Gasteiger partial charge in [0.2, 0.25) is 5.91 Å². The molecular weight excluding hydrogens is 719 g/mol. The summed E-state index contributed by atoms with van der Waals surface area (Å²) in [5.41, 5.74) is 0. The number of allylic oxidation sites excluding steroid dienone is 4. The molecule has 0 saturated heterocycles. The summed E-state index contributed by atoms with van der Waals surface area (Å²) in [5, 5.41) is 23.7. The average Bonchev–Trinajstić information content (AvgIpc) is 3.22. The van der Waals surface area contributed by atoms with Gasteiger partial charge in [-0.15, -0.1) is 0 Å². The van der Waals surface area contributed by atoms with E-state index in [1.807, 2.05) is 0 Å². The van der Waals surface area contributed by atoms with Crippen LogP contribution in [0.1, 0.15) is 271 Å². The van der Waals surface area contributed by atoms with E-state index >= 15 is 0 Å². The number of carbonyl (C=O) groups is 2. The van der Waals surface area contributed by atoms with Crippen molar-refractivity contribution in [2.75, 3.05) is 6.61 Å². The summed E-state index contributed by atoms with van der Waals surface area (Å²) >= 11 is 0. The second kappa shape index (κ2) is 46.4. The molecule has 58 heavy (non-hydrogen) atoms. The quantitative estimate of drug-likeness (QED) is 0.0323. The molecule has 3 atom stereocenters. The molecule has 6 nitrogen and oxygen atoms in total. The Hall–Kier alpha value is -1.66. The number of carbonyl (C=O) groups excluding carboxylic acids is 2. The number of amides is 1. The van der Waals surface area contributed by atoms with Crippen LogP contribution in [0.3, 0.4) is 0 Å². The first-order valence-electron chi connectivity index (χ1n) is 25.6. The lowest BCUT2D eigenvalue weighted by molar-refractivity contribution is -0.151. The standard InChI is InChI=1S/C52H99NO5/c1-4-7-10-13-16-19-22-24-25-26-27-28-29-31-34-37-40-43-48(58-52(57)45-42-39-36-33-30-23-20-17-14-11-8-5-2)46-51(56)53-49(47-54)50(55)44-41-38-35-32-21-18-15-12-9-6-3/h17,20,24-25,48-50,54-55H,4-16,18-19,21-23,26-47H2,1-3H3,(H,53,56)/b20-17-,25-24+. The molecule has 0 aromatic heterocycles. The Kier molecular flexibility index (Phi) is 45.1. The molecule has 0 bridgehead atoms. The van der Waals surface area contributed by atoms with Crippen molar-refractivity contribution < 1.29 is 24.5 Å². The van der Waals surface area contributed by atoms with Crippen molar-refractivity contribution in [1.82, 2.24) is 5.32 Å². The van der Waals surface area contributed by atoms with Crippen LogP contribution in [0.25, 0.3) is 0 Å². The SMILES string of the molecule is CCCCC/C=C\CCCCCCCC(=O)OC(CCCCCCCCC/C=C/CCCCCCCC)CC(=O)NC(CO)C(O)CCCCCCCCCCCC. The van der Waals surface area contributed by atoms with Gasteiger partial charge in [0.25, 0.3) is 0 Å². The zero-order chi connectivity index (χ0) is 42.4. The molecule has 0 radical (unpaired) electrons. The van der Waals surface area contributed by atoms with E-state index in [1.165, 1.54) is 161 Å². The van der Waals surface area contributed by atoms with Crippen molar-refractivity contribution in [3.8, 4) is 0 Å². The zero-order valence-corrected chi connectivity index (χ0v) is 38.9. The van der Waals surface area contributed by atoms with Crippen LogP contribution in [-0.4, -0.2) is 46.9 Å². The normalized spacial score (nSPS) is 13.4. The van der Waals surface area contributed by atoms with Crippen LogP contribution < -0.4 is 5.32 Å². The summed E-state index contributed by atoms with van der Waals surface area (Å²) in [6, 6.07) is -0.699. The molecule has 342 valence electrons. The Morgan fingerprint density at radius 2 is 0.828 bits per heavy atom. The van der Waals surface area contributed by atoms with Gasteiger partial charge >= 0.3 is 5.97 Å². The van der Waals surface area contributed by atoms with Crippen LogP contribution in [0.5, 0.6) is 0 Å². The Balaban J connectivity index is 4.57. The highest BCUT2D eigenvalue weighted by Crippen LogP contribution is 2.18. The Labute approximate surface area is 361 Å². The fourth-order valence-corrected chi connectivity index (χ4v) is 7.83. The second-order valence-corrected chi connectivity index (χ2v) is 17.6. The number of hydrogen-bond acceptors (Lipinski definition) is 5. The Morgan fingerprint density at radius 1 is 0.483 bits per heavy atom. The number of ether oxygens (including phenoxy) is 1. The molecule has 0 aliphatic heterocycles. The molecular formula is C52H99NO5. The van der Waals surface area contributed by atoms with Crippen molar-refractivity contribution in [2.45, 2.75) is 289 Å². The van der Waals surface area contributed by atoms with E-state index in [2.05, 4.69) is 50.4 Å². The minimum atomic E-state index is -0.785. The molecule has 6 heteroatoms. The molecule has 0 saturated carbocycles. The van der Waals surface area contributed by atoms with Crippen LogP contribution in [0.4, 0.5) is 0 Å². The minimum Gasteiger partial charge on any atom is -0.462 e. The van der Waals surface area contributed by atoms with Crippen LogP contribution >= 0.6 is 0 Å². The highest BCUT2D eigenvalue weighted by molar-refractivity contribution is 5.77. The summed E-state index contributed by atoms with van der Waals surface area (Å²) in [5.74, 6) is -0.479. The fraction of sp³-hybridized carbons (Fsp3) is 0.885. The number of aliphatic hydroxyl groups excluding tert-OH is 2. The van der Waals surface area contributed by atoms with Crippen LogP contribution in [0.2, 0.25) is 0 Å². The third-order valence-electron chi connectivity index (χ3n) is 11.8. The van der Waals surface area contributed by atoms with Crippen molar-refractivity contribution in [3.63, 3.8) is 0 Å². The first-order valence-corrected chi connectivity index (χ1v) is 25.6. The van der Waals surface area contributed by atoms with Gasteiger partial charge in [0.05, 0.1) is 25.2 Å². The highest BCUT2D eigenvalue weighted by atomic mass is 16.5. The molecule has 3 N–H and O–H groups in total. The van der Waals surface area contributed by atoms with E-state index in [-0.39, 0.29) is 24.9 Å². The van der Waals surface area contributed by atoms with Crippen molar-refractivity contribution in [3.05, 3.63) is 24.3 Å². The van der Waals surface area contributed by atoms with Crippen molar-refractivity contribution >= 4 is 11.9 Å². The molecule has 1 amide bonds. The van der Waals surface area contributed by atoms with E-state index in [0.717, 1.165) is 64.2 Å². The largest absolute Gasteiger partial charge is 0.462 e. The number of hydrogen-bond donors (Lipinski definition) is 3. The third kappa shape index (κ3) is 41.1. The van der Waals surface area contributed by atoms with Crippen LogP contribution in [-0.2, 0) is 14.3 Å². The molecule has 0 aliphatic carbocycles. The number of esters is 1. The van der Waals surface area contributed by atoms with E-state index < -0.39 is 18.2 Å². The predicted molar refractivity (Wildman–Crippen MR) is 250 cm³/mol. The van der Waals surface area contributed by atoms with Crippen molar-refractivity contribution in [1.29, 1.82) is 0 Å². The molecule has 0 rings (SSSR count). The predicted octanol–water partition coefficient (Wildman–Crippen LogP) is 15.1. The van der Waals surface area contributed by atoms with Gasteiger partial charge in [0.1, 0.15) is 6.10 Å². The molecule has 0 aromatic carbocycles. The van der Waals surface area contributed by atoms with E-state index in [9.17, 15) is 19.8 Å². The molecule has 0 aromatic rings. The molecule has 0 spiro atoms. The lowest BCUT2D eigenvalue weighted by Crippen LogP contribution is -2.46. The first kappa shape index (κ1) is 56.3. The van der Waals surface area contributed by atoms with E-state index in [0.29, 0.717) is 19.3 Å². The van der Waals surface area contributed by atoms with Gasteiger partial charge in [-0.25, -0.2) is 0 Å². The van der Waals surface area contributed by atoms with Gasteiger partial charge in [0, 0.05) is 6.42 Å². The summed E-state index contributed by atoms with van der Waals surface area (Å²) in [6.07, 6.45) is 52.4. The second-order valence-electron chi connectivity index (χ2n) is 17.6. The first-order chi connectivity index (χ1) is 28.5. The maximum atomic E-state index is 13.2. The third-order valence-corrected chi connectivity index (χ3v) is 11.8. The lowest BCUT2D eigenvalue weighted by Gasteiger charge is -2.24. The Bertz CT molecular complexity index is 919. The van der Waals surface area contributed by atoms with Gasteiger partial charge < -0.3 is 20.3 Å². The topological polar surface area (TPSA) is 95.9 Å². The van der Waals surface area contributed by atoms with Gasteiger partial charge in [-0.2, -0.15) is 0 Å². The average molecular weight is 818 g/mol. The fourth-order valence-electron chi connectivity index (χ4n) is 7.83. The Morgan fingerprint density at radius 3 is 1.26 bits per heavy atom. The molecule has 0 fully saturated rings. The van der Waals surface area contributed by atoms with Gasteiger partial charge in [-0.3, -0.25) is 9.59 Å². The van der Waals surface area contributed by atoms with Crippen LogP contribution in [0.15, 0.2) is 24.3 Å². The van der Waals surface area contributed by atoms with E-state index in [1.54, 1.807) is 0 Å². The maximum Gasteiger partial charge on any atom is 0.306 e. The molecule has 3 unspecified atom stereocenters. The van der Waals surface area contributed by atoms with Gasteiger partial charge in [-0.1, -0.05) is 206 Å². The summed E-state index contributed by atoms with van der Waals surface area (Å²) in [6.45, 7) is 6.45. The minimum absolute atomic E-state index is 0.0750. The zero-order valence-electron chi connectivity index (χ0n) is 38.9. The molecule has 0 heterocycles. The summed E-state index contributed by atoms with van der Waals surface area (Å²) < 4.78 is 5.92. The van der Waals surface area contributed by atoms with Gasteiger partial charge in [0.15, 0.2) is 0 Å². The van der Waals surface area contributed by atoms with Gasteiger partial charge in [-0.05, 0) is 77.0 Å². The summed E-state index contributed by atoms with van der Waals surface area (Å²) in [7, 11) is 0. The number of aliphatic hydroxyl groups is 2. The smallest absolute Gasteiger partial charge is 0.306 e.